The number of benzene rings is 3. The van der Waals surface area contributed by atoms with Crippen molar-refractivity contribution in [2.24, 2.45) is 0 Å². The fourth-order valence-electron chi connectivity index (χ4n) is 5.37. The zero-order valence-corrected chi connectivity index (χ0v) is 24.6. The summed E-state index contributed by atoms with van der Waals surface area (Å²) in [4.78, 5) is 28.0. The lowest BCUT2D eigenvalue weighted by Gasteiger charge is -2.34. The fraction of sp³-hybridized carbons (Fsp3) is 0.375. The summed E-state index contributed by atoms with van der Waals surface area (Å²) >= 11 is 0. The van der Waals surface area contributed by atoms with Gasteiger partial charge in [0.25, 0.3) is 11.8 Å². The van der Waals surface area contributed by atoms with Gasteiger partial charge in [-0.15, -0.1) is 0 Å². The van der Waals surface area contributed by atoms with Crippen molar-refractivity contribution < 1.29 is 27.5 Å². The van der Waals surface area contributed by atoms with E-state index < -0.39 is 16.1 Å². The number of sulfonamides is 1. The van der Waals surface area contributed by atoms with Crippen LogP contribution in [0.4, 0.5) is 5.69 Å². The van der Waals surface area contributed by atoms with Crippen LogP contribution in [0.15, 0.2) is 77.7 Å². The third kappa shape index (κ3) is 7.30. The Morgan fingerprint density at radius 1 is 0.976 bits per heavy atom. The number of carbonyl (C=O) groups is 2. The molecule has 0 aromatic heterocycles. The van der Waals surface area contributed by atoms with Gasteiger partial charge in [0, 0.05) is 12.6 Å². The topological polar surface area (TPSA) is 114 Å². The Bertz CT molecular complexity index is 1510. The van der Waals surface area contributed by atoms with Gasteiger partial charge in [-0.25, -0.2) is 13.1 Å². The molecule has 2 amide bonds. The molecule has 222 valence electrons. The summed E-state index contributed by atoms with van der Waals surface area (Å²) in [5, 5.41) is 2.91. The number of fused-ring (bicyclic) bond motifs is 1. The van der Waals surface area contributed by atoms with E-state index in [4.69, 9.17) is 9.47 Å². The number of hydrogen-bond acceptors (Lipinski definition) is 6. The van der Waals surface area contributed by atoms with E-state index in [1.165, 1.54) is 11.0 Å². The molecule has 2 aliphatic rings. The van der Waals surface area contributed by atoms with Crippen molar-refractivity contribution in [3.63, 3.8) is 0 Å². The van der Waals surface area contributed by atoms with Crippen molar-refractivity contribution in [3.05, 3.63) is 83.9 Å². The van der Waals surface area contributed by atoms with Crippen LogP contribution in [0.1, 0.15) is 43.2 Å². The fourth-order valence-corrected chi connectivity index (χ4v) is 6.76. The molecule has 3 aromatic carbocycles. The summed E-state index contributed by atoms with van der Waals surface area (Å²) < 4.78 is 40.5. The van der Waals surface area contributed by atoms with E-state index in [-0.39, 0.29) is 35.9 Å². The highest BCUT2D eigenvalue weighted by molar-refractivity contribution is 7.89. The van der Waals surface area contributed by atoms with Gasteiger partial charge < -0.3 is 19.7 Å². The number of carbonyl (C=O) groups excluding carboxylic acids is 2. The zero-order valence-electron chi connectivity index (χ0n) is 23.8. The molecule has 5 rings (SSSR count). The Balaban J connectivity index is 1.21. The number of aryl methyl sites for hydroxylation is 1. The number of amides is 2. The molecule has 10 heteroatoms. The lowest BCUT2D eigenvalue weighted by atomic mass is 9.96. The molecule has 0 radical (unpaired) electrons. The smallest absolute Gasteiger partial charge is 0.265 e. The largest absolute Gasteiger partial charge is 0.483 e. The summed E-state index contributed by atoms with van der Waals surface area (Å²) in [6, 6.07) is 21.5. The van der Waals surface area contributed by atoms with Crippen LogP contribution in [0.25, 0.3) is 0 Å². The van der Waals surface area contributed by atoms with Crippen molar-refractivity contribution in [2.45, 2.75) is 62.5 Å². The highest BCUT2D eigenvalue weighted by atomic mass is 32.2. The number of nitrogens with zero attached hydrogens (tertiary/aromatic N) is 1. The standard InChI is InChI=1S/C32H37N3O6S/c1-23-20-26(42(38,39)34-25-12-6-3-7-13-25)16-17-28(23)40-22-31(36)35-21-30(41-29-15-9-8-14-27(29)35)32(37)33-19-18-24-10-4-2-5-11-24/h2,4-5,8-11,14-17,20,25,30,34H,3,6-7,12-13,18-19,21-22H2,1H3,(H,33,37)/t30-/m1/s1. The maximum atomic E-state index is 13.4. The third-order valence-corrected chi connectivity index (χ3v) is 9.18. The average molecular weight is 592 g/mol. The molecule has 9 nitrogen and oxygen atoms in total. The van der Waals surface area contributed by atoms with Gasteiger partial charge in [-0.3, -0.25) is 9.59 Å². The first-order chi connectivity index (χ1) is 20.3. The predicted octanol–water partition coefficient (Wildman–Crippen LogP) is 4.14. The van der Waals surface area contributed by atoms with Crippen LogP contribution in [0.3, 0.4) is 0 Å². The zero-order chi connectivity index (χ0) is 29.5. The Kier molecular flexibility index (Phi) is 9.44. The van der Waals surface area contributed by atoms with E-state index in [0.29, 0.717) is 35.7 Å². The van der Waals surface area contributed by atoms with Gasteiger partial charge in [-0.05, 0) is 67.6 Å². The van der Waals surface area contributed by atoms with Gasteiger partial charge in [0.15, 0.2) is 12.7 Å². The summed E-state index contributed by atoms with van der Waals surface area (Å²) in [5.74, 6) is 0.213. The number of rotatable bonds is 10. The monoisotopic (exact) mass is 591 g/mol. The van der Waals surface area contributed by atoms with Crippen molar-refractivity contribution >= 4 is 27.5 Å². The lowest BCUT2D eigenvalue weighted by molar-refractivity contribution is -0.128. The van der Waals surface area contributed by atoms with Crippen LogP contribution >= 0.6 is 0 Å². The Morgan fingerprint density at radius 3 is 2.48 bits per heavy atom. The maximum absolute atomic E-state index is 13.4. The van der Waals surface area contributed by atoms with E-state index in [2.05, 4.69) is 10.0 Å². The molecule has 1 fully saturated rings. The highest BCUT2D eigenvalue weighted by Gasteiger charge is 2.34. The van der Waals surface area contributed by atoms with E-state index in [9.17, 15) is 18.0 Å². The number of nitrogens with one attached hydrogen (secondary N) is 2. The SMILES string of the molecule is Cc1cc(S(=O)(=O)NC2CCCCC2)ccc1OCC(=O)N1C[C@H](C(=O)NCCc2ccccc2)Oc2ccccc21. The van der Waals surface area contributed by atoms with Gasteiger partial charge in [0.05, 0.1) is 17.1 Å². The summed E-state index contributed by atoms with van der Waals surface area (Å²) in [6.07, 6.45) is 4.71. The van der Waals surface area contributed by atoms with Gasteiger partial charge >= 0.3 is 0 Å². The van der Waals surface area contributed by atoms with Crippen LogP contribution in [-0.2, 0) is 26.0 Å². The van der Waals surface area contributed by atoms with E-state index >= 15 is 0 Å². The Hall–Kier alpha value is -3.89. The molecule has 0 saturated heterocycles. The van der Waals surface area contributed by atoms with Crippen LogP contribution in [0.5, 0.6) is 11.5 Å². The molecule has 3 aromatic rings. The molecule has 1 aliphatic heterocycles. The van der Waals surface area contributed by atoms with Crippen LogP contribution in [0.2, 0.25) is 0 Å². The van der Waals surface area contributed by atoms with Gasteiger partial charge in [-0.1, -0.05) is 61.7 Å². The maximum Gasteiger partial charge on any atom is 0.265 e. The van der Waals surface area contributed by atoms with Gasteiger partial charge in [0.2, 0.25) is 10.0 Å². The lowest BCUT2D eigenvalue weighted by Crippen LogP contribution is -2.52. The molecular formula is C32H37N3O6S. The van der Waals surface area contributed by atoms with Crippen molar-refractivity contribution in [1.82, 2.24) is 10.0 Å². The minimum atomic E-state index is -3.65. The first kappa shape index (κ1) is 29.6. The predicted molar refractivity (Wildman–Crippen MR) is 160 cm³/mol. The average Bonchev–Trinajstić information content (AvgIpc) is 3.00. The van der Waals surface area contributed by atoms with Crippen molar-refractivity contribution in [3.8, 4) is 11.5 Å². The Labute approximate surface area is 247 Å². The highest BCUT2D eigenvalue weighted by Crippen LogP contribution is 2.33. The normalized spacial score (nSPS) is 17.2. The van der Waals surface area contributed by atoms with Crippen LogP contribution in [0, 0.1) is 6.92 Å². The van der Waals surface area contributed by atoms with Crippen LogP contribution < -0.4 is 24.4 Å². The van der Waals surface area contributed by atoms with Crippen molar-refractivity contribution in [2.75, 3.05) is 24.6 Å². The molecule has 2 N–H and O–H groups in total. The molecular weight excluding hydrogens is 554 g/mol. The number of ether oxygens (including phenoxy) is 2. The van der Waals surface area contributed by atoms with Gasteiger partial charge in [0.1, 0.15) is 11.5 Å². The first-order valence-corrected chi connectivity index (χ1v) is 15.9. The van der Waals surface area contributed by atoms with Gasteiger partial charge in [-0.2, -0.15) is 0 Å². The molecule has 1 heterocycles. The summed E-state index contributed by atoms with van der Waals surface area (Å²) in [5.41, 5.74) is 2.28. The van der Waals surface area contributed by atoms with Crippen molar-refractivity contribution in [1.29, 1.82) is 0 Å². The van der Waals surface area contributed by atoms with E-state index in [0.717, 1.165) is 37.7 Å². The first-order valence-electron chi connectivity index (χ1n) is 14.4. The molecule has 0 unspecified atom stereocenters. The Morgan fingerprint density at radius 2 is 1.71 bits per heavy atom. The second kappa shape index (κ2) is 13.4. The molecule has 1 aliphatic carbocycles. The second-order valence-electron chi connectivity index (χ2n) is 10.8. The number of hydrogen-bond donors (Lipinski definition) is 2. The number of anilines is 1. The molecule has 1 atom stereocenters. The minimum absolute atomic E-state index is 0.0382. The molecule has 0 bridgehead atoms. The molecule has 0 spiro atoms. The minimum Gasteiger partial charge on any atom is -0.483 e. The third-order valence-electron chi connectivity index (χ3n) is 7.66. The second-order valence-corrected chi connectivity index (χ2v) is 12.5. The summed E-state index contributed by atoms with van der Waals surface area (Å²) in [7, 11) is -3.65. The van der Waals surface area contributed by atoms with Crippen LogP contribution in [-0.4, -0.2) is 52.1 Å². The molecule has 42 heavy (non-hydrogen) atoms. The van der Waals surface area contributed by atoms with E-state index in [1.54, 1.807) is 43.3 Å². The quantitative estimate of drug-likeness (QED) is 0.367. The summed E-state index contributed by atoms with van der Waals surface area (Å²) in [6.45, 7) is 1.95. The molecule has 1 saturated carbocycles. The number of para-hydroxylation sites is 2. The van der Waals surface area contributed by atoms with E-state index in [1.807, 2.05) is 30.3 Å².